The molecule has 4 rings (SSSR count). The van der Waals surface area contributed by atoms with Crippen LogP contribution < -0.4 is 9.30 Å². The predicted molar refractivity (Wildman–Crippen MR) is 139 cm³/mol. The smallest absolute Gasteiger partial charge is 0.219 e. The number of nitrogens with zero attached hydrogens (tertiary/aromatic N) is 1. The molecule has 0 atom stereocenters. The van der Waals surface area contributed by atoms with Gasteiger partial charge in [0, 0.05) is 16.7 Å². The molecule has 3 aromatic carbocycles. The molecular weight excluding hydrogens is 402 g/mol. The van der Waals surface area contributed by atoms with Gasteiger partial charge in [-0.1, -0.05) is 86.5 Å². The topological polar surface area (TPSA) is 13.1 Å². The second-order valence-electron chi connectivity index (χ2n) is 8.33. The predicted octanol–water partition coefficient (Wildman–Crippen LogP) is 7.58. The Morgan fingerprint density at radius 1 is 0.727 bits per heavy atom. The molecule has 1 heterocycles. The minimum Gasteiger partial charge on any atom is -0.494 e. The first-order chi connectivity index (χ1) is 16.2. The summed E-state index contributed by atoms with van der Waals surface area (Å²) in [6, 6.07) is 31.7. The maximum atomic E-state index is 5.86. The van der Waals surface area contributed by atoms with Crippen LogP contribution in [0.4, 0.5) is 0 Å². The Balaban J connectivity index is 1.64. The van der Waals surface area contributed by atoms with Gasteiger partial charge in [0.05, 0.1) is 6.61 Å². The van der Waals surface area contributed by atoms with Crippen molar-refractivity contribution >= 4 is 12.2 Å². The van der Waals surface area contributed by atoms with E-state index in [1.807, 2.05) is 0 Å². The summed E-state index contributed by atoms with van der Waals surface area (Å²) in [6.07, 6.45) is 10.1. The third-order valence-electron chi connectivity index (χ3n) is 5.78. The van der Waals surface area contributed by atoms with Crippen LogP contribution >= 0.6 is 0 Å². The molecule has 0 amide bonds. The van der Waals surface area contributed by atoms with E-state index >= 15 is 0 Å². The lowest BCUT2D eigenvalue weighted by molar-refractivity contribution is -0.660. The van der Waals surface area contributed by atoms with Gasteiger partial charge in [0.1, 0.15) is 12.8 Å². The first-order valence-corrected chi connectivity index (χ1v) is 11.8. The van der Waals surface area contributed by atoms with Crippen LogP contribution in [0, 0.1) is 0 Å². The van der Waals surface area contributed by atoms with Crippen LogP contribution in [-0.4, -0.2) is 6.61 Å². The Kier molecular flexibility index (Phi) is 7.71. The number of hydrogen-bond donors (Lipinski definition) is 0. The lowest BCUT2D eigenvalue weighted by Crippen LogP contribution is -2.31. The van der Waals surface area contributed by atoms with Gasteiger partial charge in [0.2, 0.25) is 5.69 Å². The number of hydrogen-bond acceptors (Lipinski definition) is 1. The van der Waals surface area contributed by atoms with E-state index in [1.54, 1.807) is 0 Å². The van der Waals surface area contributed by atoms with Gasteiger partial charge in [0.15, 0.2) is 6.20 Å². The molecule has 4 aromatic rings. The second kappa shape index (κ2) is 11.3. The number of ether oxygens (including phenoxy) is 1. The molecule has 33 heavy (non-hydrogen) atoms. The van der Waals surface area contributed by atoms with Gasteiger partial charge in [-0.25, -0.2) is 0 Å². The number of pyridine rings is 1. The SMILES string of the molecule is CCCCCOc1ccc(/C=C/c2cc(-c3ccccc3)c[n+](C)c2-c2ccccc2)cc1. The van der Waals surface area contributed by atoms with Crippen molar-refractivity contribution in [2.45, 2.75) is 26.2 Å². The van der Waals surface area contributed by atoms with Crippen molar-refractivity contribution in [1.82, 2.24) is 0 Å². The van der Waals surface area contributed by atoms with Crippen LogP contribution in [-0.2, 0) is 7.05 Å². The molecule has 2 heteroatoms. The fourth-order valence-corrected chi connectivity index (χ4v) is 4.04. The highest BCUT2D eigenvalue weighted by Gasteiger charge is 2.17. The Labute approximate surface area is 197 Å². The number of aryl methyl sites for hydroxylation is 1. The monoisotopic (exact) mass is 434 g/mol. The summed E-state index contributed by atoms with van der Waals surface area (Å²) >= 11 is 0. The summed E-state index contributed by atoms with van der Waals surface area (Å²) in [5.74, 6) is 0.936. The van der Waals surface area contributed by atoms with Crippen LogP contribution in [0.25, 0.3) is 34.5 Å². The van der Waals surface area contributed by atoms with Crippen LogP contribution in [0.2, 0.25) is 0 Å². The van der Waals surface area contributed by atoms with Gasteiger partial charge < -0.3 is 4.74 Å². The largest absolute Gasteiger partial charge is 0.494 e. The molecular formula is C31H32NO+. The van der Waals surface area contributed by atoms with E-state index in [0.29, 0.717) is 0 Å². The number of rotatable bonds is 9. The van der Waals surface area contributed by atoms with Crippen molar-refractivity contribution in [3.8, 4) is 28.1 Å². The zero-order valence-electron chi connectivity index (χ0n) is 19.6. The molecule has 0 aliphatic carbocycles. The second-order valence-corrected chi connectivity index (χ2v) is 8.33. The molecule has 0 aliphatic rings. The van der Waals surface area contributed by atoms with Crippen molar-refractivity contribution in [2.75, 3.05) is 6.61 Å². The van der Waals surface area contributed by atoms with Crippen molar-refractivity contribution in [1.29, 1.82) is 0 Å². The maximum Gasteiger partial charge on any atom is 0.219 e. The van der Waals surface area contributed by atoms with Crippen LogP contribution in [0.15, 0.2) is 97.2 Å². The minimum absolute atomic E-state index is 0.784. The van der Waals surface area contributed by atoms with Crippen LogP contribution in [0.3, 0.4) is 0 Å². The number of aromatic nitrogens is 1. The molecule has 0 spiro atoms. The van der Waals surface area contributed by atoms with Crippen molar-refractivity contribution < 1.29 is 9.30 Å². The fourth-order valence-electron chi connectivity index (χ4n) is 4.04. The summed E-state index contributed by atoms with van der Waals surface area (Å²) in [5.41, 5.74) is 7.16. The first-order valence-electron chi connectivity index (χ1n) is 11.8. The molecule has 0 unspecified atom stereocenters. The van der Waals surface area contributed by atoms with E-state index in [9.17, 15) is 0 Å². The molecule has 1 aromatic heterocycles. The van der Waals surface area contributed by atoms with Gasteiger partial charge >= 0.3 is 0 Å². The Morgan fingerprint density at radius 2 is 1.39 bits per heavy atom. The molecule has 0 N–H and O–H groups in total. The third kappa shape index (κ3) is 5.98. The van der Waals surface area contributed by atoms with Gasteiger partial charge in [-0.3, -0.25) is 0 Å². The lowest BCUT2D eigenvalue weighted by atomic mass is 9.99. The average Bonchev–Trinajstić information content (AvgIpc) is 2.87. The van der Waals surface area contributed by atoms with E-state index in [2.05, 4.69) is 128 Å². The molecule has 0 saturated carbocycles. The summed E-state index contributed by atoms with van der Waals surface area (Å²) in [6.45, 7) is 2.99. The molecule has 0 radical (unpaired) electrons. The van der Waals surface area contributed by atoms with E-state index in [0.717, 1.165) is 24.3 Å². The van der Waals surface area contributed by atoms with Crippen molar-refractivity contribution in [2.24, 2.45) is 7.05 Å². The molecule has 0 bridgehead atoms. The minimum atomic E-state index is 0.784. The standard InChI is InChI=1S/C31H32NO/c1-3-4-11-22-33-30-20-17-25(18-21-30)16-19-28-23-29(26-12-7-5-8-13-26)24-32(2)31(28)27-14-9-6-10-15-27/h5-10,12-21,23-24H,3-4,11,22H2,1-2H3/q+1/b19-16+. The summed E-state index contributed by atoms with van der Waals surface area (Å²) in [7, 11) is 2.12. The Bertz CT molecular complexity index is 1180. The van der Waals surface area contributed by atoms with E-state index in [-0.39, 0.29) is 0 Å². The van der Waals surface area contributed by atoms with Crippen molar-refractivity contribution in [3.05, 3.63) is 108 Å². The highest BCUT2D eigenvalue weighted by molar-refractivity contribution is 5.80. The highest BCUT2D eigenvalue weighted by atomic mass is 16.5. The molecule has 0 aliphatic heterocycles. The maximum absolute atomic E-state index is 5.86. The zero-order chi connectivity index (χ0) is 22.9. The van der Waals surface area contributed by atoms with Gasteiger partial charge in [-0.15, -0.1) is 0 Å². The Morgan fingerprint density at radius 3 is 2.06 bits per heavy atom. The molecule has 2 nitrogen and oxygen atoms in total. The summed E-state index contributed by atoms with van der Waals surface area (Å²) in [4.78, 5) is 0. The molecule has 0 fully saturated rings. The molecule has 166 valence electrons. The fraction of sp³-hybridized carbons (Fsp3) is 0.194. The number of benzene rings is 3. The summed E-state index contributed by atoms with van der Waals surface area (Å²) < 4.78 is 8.08. The van der Waals surface area contributed by atoms with Crippen LogP contribution in [0.5, 0.6) is 5.75 Å². The van der Waals surface area contributed by atoms with Gasteiger partial charge in [-0.2, -0.15) is 4.57 Å². The summed E-state index contributed by atoms with van der Waals surface area (Å²) in [5, 5.41) is 0. The van der Waals surface area contributed by atoms with Crippen LogP contribution in [0.1, 0.15) is 37.3 Å². The Hall–Kier alpha value is -3.65. The number of unbranched alkanes of at least 4 members (excludes halogenated alkanes) is 2. The molecule has 0 saturated heterocycles. The quantitative estimate of drug-likeness (QED) is 0.195. The highest BCUT2D eigenvalue weighted by Crippen LogP contribution is 2.27. The van der Waals surface area contributed by atoms with Crippen molar-refractivity contribution in [3.63, 3.8) is 0 Å². The van der Waals surface area contributed by atoms with E-state index < -0.39 is 0 Å². The third-order valence-corrected chi connectivity index (χ3v) is 5.78. The van der Waals surface area contributed by atoms with Gasteiger partial charge in [0.25, 0.3) is 0 Å². The average molecular weight is 435 g/mol. The normalized spacial score (nSPS) is 11.1. The van der Waals surface area contributed by atoms with E-state index in [4.69, 9.17) is 4.74 Å². The zero-order valence-corrected chi connectivity index (χ0v) is 19.6. The van der Waals surface area contributed by atoms with Gasteiger partial charge in [-0.05, 0) is 54.0 Å². The first kappa shape index (κ1) is 22.5. The van der Waals surface area contributed by atoms with E-state index in [1.165, 1.54) is 40.8 Å². The lowest BCUT2D eigenvalue weighted by Gasteiger charge is -2.09.